The van der Waals surface area contributed by atoms with Crippen molar-refractivity contribution in [2.45, 2.75) is 44.6 Å². The van der Waals surface area contributed by atoms with Crippen LogP contribution in [-0.2, 0) is 7.05 Å². The minimum Gasteiger partial charge on any atom is -0.337 e. The van der Waals surface area contributed by atoms with E-state index in [0.717, 1.165) is 38.2 Å². The Morgan fingerprint density at radius 1 is 1.38 bits per heavy atom. The van der Waals surface area contributed by atoms with Crippen molar-refractivity contribution in [1.82, 2.24) is 19.6 Å². The fourth-order valence-corrected chi connectivity index (χ4v) is 3.78. The van der Waals surface area contributed by atoms with Crippen LogP contribution in [0.2, 0.25) is 0 Å². The second kappa shape index (κ2) is 6.43. The molecule has 2 aliphatic rings. The van der Waals surface area contributed by atoms with Gasteiger partial charge in [0.1, 0.15) is 0 Å². The summed E-state index contributed by atoms with van der Waals surface area (Å²) in [5, 5.41) is 4.26. The zero-order valence-electron chi connectivity index (χ0n) is 14.6. The van der Waals surface area contributed by atoms with E-state index >= 15 is 0 Å². The number of rotatable bonds is 4. The number of halogens is 2. The molecule has 0 radical (unpaired) electrons. The molecule has 1 aliphatic carbocycles. The fraction of sp³-hybridized carbons (Fsp3) is 0.765. The third-order valence-corrected chi connectivity index (χ3v) is 5.45. The number of aryl methyl sites for hydroxylation is 2. The maximum Gasteiger partial charge on any atom is 0.274 e. The van der Waals surface area contributed by atoms with Crippen molar-refractivity contribution in [3.05, 3.63) is 17.5 Å². The Kier molecular flexibility index (Phi) is 4.64. The molecule has 5 nitrogen and oxygen atoms in total. The first-order valence-corrected chi connectivity index (χ1v) is 8.63. The molecule has 0 spiro atoms. The van der Waals surface area contributed by atoms with Crippen LogP contribution < -0.4 is 0 Å². The quantitative estimate of drug-likeness (QED) is 0.845. The van der Waals surface area contributed by atoms with Gasteiger partial charge in [0.2, 0.25) is 5.92 Å². The Morgan fingerprint density at radius 3 is 2.50 bits per heavy atom. The second-order valence-corrected chi connectivity index (χ2v) is 7.37. The summed E-state index contributed by atoms with van der Waals surface area (Å²) in [4.78, 5) is 16.6. The summed E-state index contributed by atoms with van der Waals surface area (Å²) in [5.41, 5.74) is 1.44. The van der Waals surface area contributed by atoms with E-state index < -0.39 is 5.92 Å². The molecule has 2 fully saturated rings. The van der Waals surface area contributed by atoms with Crippen molar-refractivity contribution in [2.24, 2.45) is 13.0 Å². The lowest BCUT2D eigenvalue weighted by atomic mass is 9.80. The smallest absolute Gasteiger partial charge is 0.274 e. The number of nitrogens with zero attached hydrogens (tertiary/aromatic N) is 4. The molecule has 0 N–H and O–H groups in total. The number of aromatic nitrogens is 2. The molecule has 3 rings (SSSR count). The SMILES string of the molecule is Cc1cc(C(=O)N(C)C2CCN(CC3CC(F)(F)C3)CC2)nn1C. The van der Waals surface area contributed by atoms with Crippen LogP contribution in [0.1, 0.15) is 41.9 Å². The van der Waals surface area contributed by atoms with Crippen LogP contribution in [0.4, 0.5) is 8.78 Å². The number of amides is 1. The molecule has 0 bridgehead atoms. The van der Waals surface area contributed by atoms with Crippen LogP contribution in [0.15, 0.2) is 6.07 Å². The molecular weight excluding hydrogens is 314 g/mol. The molecule has 2 heterocycles. The Hall–Kier alpha value is -1.50. The van der Waals surface area contributed by atoms with E-state index in [4.69, 9.17) is 0 Å². The first-order chi connectivity index (χ1) is 11.2. The third-order valence-electron chi connectivity index (χ3n) is 5.45. The summed E-state index contributed by atoms with van der Waals surface area (Å²) in [5.74, 6) is -2.35. The van der Waals surface area contributed by atoms with Crippen molar-refractivity contribution in [2.75, 3.05) is 26.7 Å². The normalized spacial score (nSPS) is 22.4. The molecule has 1 aliphatic heterocycles. The van der Waals surface area contributed by atoms with Gasteiger partial charge < -0.3 is 9.80 Å². The third kappa shape index (κ3) is 3.61. The van der Waals surface area contributed by atoms with E-state index in [1.54, 1.807) is 9.58 Å². The summed E-state index contributed by atoms with van der Waals surface area (Å²) in [6.07, 6.45) is 1.84. The van der Waals surface area contributed by atoms with Crippen LogP contribution in [-0.4, -0.2) is 64.1 Å². The van der Waals surface area contributed by atoms with Gasteiger partial charge in [0.15, 0.2) is 5.69 Å². The molecule has 1 aromatic rings. The summed E-state index contributed by atoms with van der Waals surface area (Å²) < 4.78 is 27.5. The average Bonchev–Trinajstić information content (AvgIpc) is 2.84. The van der Waals surface area contributed by atoms with Gasteiger partial charge in [-0.05, 0) is 31.7 Å². The Morgan fingerprint density at radius 2 is 2.00 bits per heavy atom. The number of alkyl halides is 2. The van der Waals surface area contributed by atoms with Gasteiger partial charge in [-0.25, -0.2) is 8.78 Å². The predicted octanol–water partition coefficient (Wildman–Crippen LogP) is 2.31. The molecule has 1 saturated heterocycles. The van der Waals surface area contributed by atoms with E-state index in [2.05, 4.69) is 10.00 Å². The van der Waals surface area contributed by atoms with Crippen molar-refractivity contribution in [3.8, 4) is 0 Å². The van der Waals surface area contributed by atoms with E-state index in [1.807, 2.05) is 27.1 Å². The van der Waals surface area contributed by atoms with E-state index in [0.29, 0.717) is 5.69 Å². The lowest BCUT2D eigenvalue weighted by molar-refractivity contribution is -0.117. The van der Waals surface area contributed by atoms with E-state index in [9.17, 15) is 13.6 Å². The van der Waals surface area contributed by atoms with Crippen LogP contribution >= 0.6 is 0 Å². The highest BCUT2D eigenvalue weighted by Gasteiger charge is 2.45. The second-order valence-electron chi connectivity index (χ2n) is 7.37. The van der Waals surface area contributed by atoms with Crippen molar-refractivity contribution >= 4 is 5.91 Å². The zero-order chi connectivity index (χ0) is 17.5. The van der Waals surface area contributed by atoms with Gasteiger partial charge in [-0.2, -0.15) is 5.10 Å². The predicted molar refractivity (Wildman–Crippen MR) is 87.2 cm³/mol. The molecule has 1 aromatic heterocycles. The van der Waals surface area contributed by atoms with Gasteiger partial charge in [0, 0.05) is 58.3 Å². The summed E-state index contributed by atoms with van der Waals surface area (Å²) in [6.45, 7) is 4.42. The van der Waals surface area contributed by atoms with Gasteiger partial charge >= 0.3 is 0 Å². The molecule has 24 heavy (non-hydrogen) atoms. The van der Waals surface area contributed by atoms with E-state index in [1.165, 1.54) is 0 Å². The number of carbonyl (C=O) groups excluding carboxylic acids is 1. The Bertz CT molecular complexity index is 580. The number of hydrogen-bond acceptors (Lipinski definition) is 3. The monoisotopic (exact) mass is 340 g/mol. The number of hydrogen-bond donors (Lipinski definition) is 0. The molecule has 1 amide bonds. The van der Waals surface area contributed by atoms with Crippen molar-refractivity contribution in [3.63, 3.8) is 0 Å². The molecule has 7 heteroatoms. The molecule has 1 saturated carbocycles. The van der Waals surface area contributed by atoms with Gasteiger partial charge in [-0.3, -0.25) is 9.48 Å². The Labute approximate surface area is 141 Å². The number of piperidine rings is 1. The number of likely N-dealkylation sites (tertiary alicyclic amines) is 1. The lowest BCUT2D eigenvalue weighted by Crippen LogP contribution is -2.49. The maximum absolute atomic E-state index is 12.9. The van der Waals surface area contributed by atoms with Crippen LogP contribution in [0.3, 0.4) is 0 Å². The van der Waals surface area contributed by atoms with Crippen molar-refractivity contribution in [1.29, 1.82) is 0 Å². The van der Waals surface area contributed by atoms with Gasteiger partial charge in [0.05, 0.1) is 0 Å². The highest BCUT2D eigenvalue weighted by molar-refractivity contribution is 5.92. The minimum atomic E-state index is -2.43. The summed E-state index contributed by atoms with van der Waals surface area (Å²) in [7, 11) is 3.66. The summed E-state index contributed by atoms with van der Waals surface area (Å²) >= 11 is 0. The fourth-order valence-electron chi connectivity index (χ4n) is 3.78. The van der Waals surface area contributed by atoms with E-state index in [-0.39, 0.29) is 30.7 Å². The minimum absolute atomic E-state index is 0.0321. The Balaban J connectivity index is 1.48. The summed E-state index contributed by atoms with van der Waals surface area (Å²) in [6, 6.07) is 2.00. The molecule has 0 unspecified atom stereocenters. The molecule has 134 valence electrons. The zero-order valence-corrected chi connectivity index (χ0v) is 14.6. The first-order valence-electron chi connectivity index (χ1n) is 8.63. The molecule has 0 atom stereocenters. The molecular formula is C17H26F2N4O. The topological polar surface area (TPSA) is 41.4 Å². The van der Waals surface area contributed by atoms with Crippen LogP contribution in [0.5, 0.6) is 0 Å². The largest absolute Gasteiger partial charge is 0.337 e. The standard InChI is InChI=1S/C17H26F2N4O/c1-12-8-15(20-22(12)3)16(24)21(2)14-4-6-23(7-5-14)11-13-9-17(18,19)10-13/h8,13-14H,4-7,9-11H2,1-3H3. The number of carbonyl (C=O) groups is 1. The maximum atomic E-state index is 12.9. The van der Waals surface area contributed by atoms with Crippen molar-refractivity contribution < 1.29 is 13.6 Å². The van der Waals surface area contributed by atoms with Gasteiger partial charge in [-0.1, -0.05) is 0 Å². The van der Waals surface area contributed by atoms with Gasteiger partial charge in [0.25, 0.3) is 5.91 Å². The van der Waals surface area contributed by atoms with Crippen LogP contribution in [0, 0.1) is 12.8 Å². The van der Waals surface area contributed by atoms with Crippen LogP contribution in [0.25, 0.3) is 0 Å². The highest BCUT2D eigenvalue weighted by atomic mass is 19.3. The highest BCUT2D eigenvalue weighted by Crippen LogP contribution is 2.42. The van der Waals surface area contributed by atoms with Gasteiger partial charge in [-0.15, -0.1) is 0 Å². The first kappa shape index (κ1) is 17.3. The average molecular weight is 340 g/mol. The lowest BCUT2D eigenvalue weighted by Gasteiger charge is -2.41. The molecule has 0 aromatic carbocycles.